The Morgan fingerprint density at radius 1 is 0.605 bits per heavy atom. The second-order valence-electron chi connectivity index (χ2n) is 10.4. The topological polar surface area (TPSA) is 50.9 Å². The molecule has 0 atom stereocenters. The van der Waals surface area contributed by atoms with Gasteiger partial charge in [0.1, 0.15) is 11.4 Å². The summed E-state index contributed by atoms with van der Waals surface area (Å²) >= 11 is 0. The minimum absolute atomic E-state index is 0. The van der Waals surface area contributed by atoms with Crippen molar-refractivity contribution >= 4 is 32.7 Å². The molecule has 8 rings (SSSR count). The Kier molecular flexibility index (Phi) is 6.85. The van der Waals surface area contributed by atoms with Crippen LogP contribution in [0.5, 0.6) is 5.75 Å². The Morgan fingerprint density at radius 2 is 1.30 bits per heavy atom. The third kappa shape index (κ3) is 4.61. The molecule has 5 aromatic carbocycles. The molecular formula is C38H24N3OPt-. The van der Waals surface area contributed by atoms with Crippen LogP contribution in [0.1, 0.15) is 0 Å². The summed E-state index contributed by atoms with van der Waals surface area (Å²) in [4.78, 5) is 9.94. The summed E-state index contributed by atoms with van der Waals surface area (Å²) in [5, 5.41) is 15.2. The van der Waals surface area contributed by atoms with E-state index in [1.165, 1.54) is 0 Å². The van der Waals surface area contributed by atoms with E-state index < -0.39 is 0 Å². The van der Waals surface area contributed by atoms with Gasteiger partial charge in [-0.1, -0.05) is 102 Å². The van der Waals surface area contributed by atoms with Crippen molar-refractivity contribution in [3.05, 3.63) is 146 Å². The molecule has 0 radical (unpaired) electrons. The quantitative estimate of drug-likeness (QED) is 0.184. The molecule has 0 saturated heterocycles. The summed E-state index contributed by atoms with van der Waals surface area (Å²) in [5.74, 6) is 0.195. The molecule has 208 valence electrons. The summed E-state index contributed by atoms with van der Waals surface area (Å²) in [6.45, 7) is 0. The van der Waals surface area contributed by atoms with Gasteiger partial charge in [-0.05, 0) is 58.9 Å². The van der Waals surface area contributed by atoms with Crippen LogP contribution in [0.2, 0.25) is 0 Å². The van der Waals surface area contributed by atoms with Crippen LogP contribution in [-0.2, 0) is 21.1 Å². The number of para-hydroxylation sites is 2. The first kappa shape index (κ1) is 26.8. The van der Waals surface area contributed by atoms with Crippen LogP contribution < -0.4 is 0 Å². The van der Waals surface area contributed by atoms with Crippen molar-refractivity contribution in [2.45, 2.75) is 0 Å². The number of phenols is 1. The van der Waals surface area contributed by atoms with Gasteiger partial charge < -0.3 is 9.67 Å². The van der Waals surface area contributed by atoms with Crippen LogP contribution in [-0.4, -0.2) is 19.6 Å². The number of pyridine rings is 2. The van der Waals surface area contributed by atoms with Gasteiger partial charge in [0.15, 0.2) is 0 Å². The minimum Gasteiger partial charge on any atom is -0.507 e. The number of aromatic hydroxyl groups is 1. The molecule has 5 heteroatoms. The molecule has 3 heterocycles. The van der Waals surface area contributed by atoms with E-state index >= 15 is 0 Å². The van der Waals surface area contributed by atoms with Gasteiger partial charge in [0.05, 0.1) is 11.2 Å². The summed E-state index contributed by atoms with van der Waals surface area (Å²) in [6.07, 6.45) is 1.84. The first-order chi connectivity index (χ1) is 20.7. The molecule has 0 aliphatic rings. The molecule has 0 amide bonds. The minimum atomic E-state index is 0. The summed E-state index contributed by atoms with van der Waals surface area (Å²) in [6, 6.07) is 48.5. The molecule has 43 heavy (non-hydrogen) atoms. The maximum Gasteiger partial charge on any atom is 0.144 e. The van der Waals surface area contributed by atoms with Crippen molar-refractivity contribution in [2.24, 2.45) is 0 Å². The smallest absolute Gasteiger partial charge is 0.144 e. The number of nitrogens with zero attached hydrogens (tertiary/aromatic N) is 3. The molecule has 1 N–H and O–H groups in total. The molecule has 0 bridgehead atoms. The maximum atomic E-state index is 10.8. The fraction of sp³-hybridized carbons (Fsp3) is 0. The Hall–Kier alpha value is -5.05. The van der Waals surface area contributed by atoms with Gasteiger partial charge in [-0.2, -0.15) is 0 Å². The first-order valence-electron chi connectivity index (χ1n) is 13.9. The molecule has 0 aliphatic heterocycles. The maximum absolute atomic E-state index is 10.8. The molecule has 0 spiro atoms. The fourth-order valence-electron chi connectivity index (χ4n) is 5.88. The second kappa shape index (κ2) is 11.0. The van der Waals surface area contributed by atoms with Crippen LogP contribution in [0.3, 0.4) is 0 Å². The molecule has 8 aromatic rings. The molecule has 0 unspecified atom stereocenters. The van der Waals surface area contributed by atoms with Crippen LogP contribution in [0, 0.1) is 6.07 Å². The summed E-state index contributed by atoms with van der Waals surface area (Å²) in [5.41, 5.74) is 7.99. The Labute approximate surface area is 263 Å². The van der Waals surface area contributed by atoms with Crippen LogP contribution in [0.25, 0.3) is 72.0 Å². The molecular weight excluding hydrogens is 710 g/mol. The fourth-order valence-corrected chi connectivity index (χ4v) is 5.88. The van der Waals surface area contributed by atoms with E-state index in [0.29, 0.717) is 11.3 Å². The zero-order valence-corrected chi connectivity index (χ0v) is 25.2. The van der Waals surface area contributed by atoms with E-state index in [4.69, 9.17) is 9.97 Å². The summed E-state index contributed by atoms with van der Waals surface area (Å²) < 4.78 is 2.19. The van der Waals surface area contributed by atoms with Crippen molar-refractivity contribution in [3.8, 4) is 45.1 Å². The molecule has 3 aromatic heterocycles. The van der Waals surface area contributed by atoms with E-state index in [1.54, 1.807) is 6.07 Å². The third-order valence-corrected chi connectivity index (χ3v) is 7.82. The van der Waals surface area contributed by atoms with Gasteiger partial charge in [0.2, 0.25) is 0 Å². The van der Waals surface area contributed by atoms with E-state index in [9.17, 15) is 5.11 Å². The number of phenolic OH excluding ortho intramolecular Hbond substituents is 1. The average Bonchev–Trinajstić information content (AvgIpc) is 3.39. The van der Waals surface area contributed by atoms with Gasteiger partial charge in [-0.15, -0.1) is 17.7 Å². The number of rotatable bonds is 4. The summed E-state index contributed by atoms with van der Waals surface area (Å²) in [7, 11) is 0. The van der Waals surface area contributed by atoms with Crippen LogP contribution >= 0.6 is 0 Å². The predicted molar refractivity (Wildman–Crippen MR) is 171 cm³/mol. The van der Waals surface area contributed by atoms with E-state index in [2.05, 4.69) is 83.4 Å². The Bertz CT molecular complexity index is 2220. The standard InChI is InChI=1S/C38H24N3O.Pt/c42-37-19-9-7-16-32(37)34-22-27(25-11-2-1-3-12-25)23-35(40-34)33-24-28(21-26-13-4-5-14-29(26)33)41-36-18-8-6-15-30(36)31-17-10-20-39-38(31)41;/h1-23,42H;/q-1;. The Morgan fingerprint density at radius 3 is 2.16 bits per heavy atom. The first-order valence-corrected chi connectivity index (χ1v) is 13.9. The number of benzene rings is 5. The van der Waals surface area contributed by atoms with Crippen molar-refractivity contribution in [1.82, 2.24) is 14.5 Å². The third-order valence-electron chi connectivity index (χ3n) is 7.82. The van der Waals surface area contributed by atoms with Crippen molar-refractivity contribution in [1.29, 1.82) is 0 Å². The molecule has 0 saturated carbocycles. The van der Waals surface area contributed by atoms with Crippen LogP contribution in [0.15, 0.2) is 140 Å². The zero-order chi connectivity index (χ0) is 28.0. The predicted octanol–water partition coefficient (Wildman–Crippen LogP) is 9.23. The normalized spacial score (nSPS) is 11.2. The molecule has 4 nitrogen and oxygen atoms in total. The van der Waals surface area contributed by atoms with Crippen molar-refractivity contribution < 1.29 is 26.2 Å². The van der Waals surface area contributed by atoms with Gasteiger partial charge in [-0.3, -0.25) is 4.98 Å². The average molecular weight is 734 g/mol. The SMILES string of the molecule is Oc1ccccc1-c1cc(-c2ccccc2)cc(-c2[c-]c(-n3c4ccccc4c4cccnc43)cc3ccccc23)n1.[Pt]. The van der Waals surface area contributed by atoms with Crippen molar-refractivity contribution in [3.63, 3.8) is 0 Å². The second-order valence-corrected chi connectivity index (χ2v) is 10.4. The molecule has 0 aliphatic carbocycles. The number of aromatic nitrogens is 3. The van der Waals surface area contributed by atoms with Gasteiger partial charge in [0, 0.05) is 43.6 Å². The molecule has 0 fully saturated rings. The van der Waals surface area contributed by atoms with E-state index in [1.807, 2.05) is 60.8 Å². The van der Waals surface area contributed by atoms with Gasteiger partial charge in [0.25, 0.3) is 0 Å². The number of hydrogen-bond donors (Lipinski definition) is 1. The number of hydrogen-bond acceptors (Lipinski definition) is 3. The van der Waals surface area contributed by atoms with Gasteiger partial charge in [-0.25, -0.2) is 4.98 Å². The van der Waals surface area contributed by atoms with E-state index in [-0.39, 0.29) is 26.8 Å². The zero-order valence-electron chi connectivity index (χ0n) is 22.9. The van der Waals surface area contributed by atoms with Crippen molar-refractivity contribution in [2.75, 3.05) is 0 Å². The van der Waals surface area contributed by atoms with Crippen LogP contribution in [0.4, 0.5) is 0 Å². The number of fused-ring (bicyclic) bond motifs is 4. The Balaban J connectivity index is 0.00000300. The van der Waals surface area contributed by atoms with Gasteiger partial charge >= 0.3 is 0 Å². The monoisotopic (exact) mass is 733 g/mol. The van der Waals surface area contributed by atoms with E-state index in [0.717, 1.165) is 60.8 Å². The largest absolute Gasteiger partial charge is 0.507 e.